The molecule has 12 heteroatoms. The molecule has 1 aromatic heterocycles. The Hall–Kier alpha value is -5.56. The lowest BCUT2D eigenvalue weighted by molar-refractivity contribution is -0.138. The Labute approximate surface area is 381 Å². The molecular weight excluding hydrogens is 847 g/mol. The highest BCUT2D eigenvalue weighted by molar-refractivity contribution is 8.30. The van der Waals surface area contributed by atoms with E-state index in [0.717, 1.165) is 115 Å². The summed E-state index contributed by atoms with van der Waals surface area (Å²) < 4.78 is 2.29. The highest BCUT2D eigenvalue weighted by atomic mass is 32.2. The van der Waals surface area contributed by atoms with Crippen LogP contribution in [0.2, 0.25) is 0 Å². The summed E-state index contributed by atoms with van der Waals surface area (Å²) in [5.41, 5.74) is 8.59. The van der Waals surface area contributed by atoms with Gasteiger partial charge in [0.25, 0.3) is 11.5 Å². The number of carbonyl (C=O) groups is 3. The number of thioether (sulfide) groups is 1. The van der Waals surface area contributed by atoms with E-state index in [4.69, 9.17) is 17.3 Å². The lowest BCUT2D eigenvalue weighted by atomic mass is 9.95. The third-order valence-electron chi connectivity index (χ3n) is 12.2. The second kappa shape index (κ2) is 20.3. The lowest BCUT2D eigenvalue weighted by Gasteiger charge is -2.27. The number of unbranched alkanes of at least 4 members (excludes halogenated alkanes) is 7. The van der Waals surface area contributed by atoms with E-state index in [2.05, 4.69) is 95.9 Å². The van der Waals surface area contributed by atoms with E-state index in [-0.39, 0.29) is 12.3 Å². The average Bonchev–Trinajstić information content (AvgIpc) is 4.03. The van der Waals surface area contributed by atoms with Crippen LogP contribution in [0.15, 0.2) is 108 Å². The van der Waals surface area contributed by atoms with E-state index < -0.39 is 24.0 Å². The van der Waals surface area contributed by atoms with E-state index >= 15 is 0 Å². The summed E-state index contributed by atoms with van der Waals surface area (Å²) >= 11 is 7.90. The zero-order chi connectivity index (χ0) is 43.9. The smallest absolute Gasteiger partial charge is 0.323 e. The molecule has 2 aliphatic heterocycles. The van der Waals surface area contributed by atoms with Crippen LogP contribution in [0.4, 0.5) is 11.4 Å². The number of rotatable bonds is 18. The zero-order valence-electron chi connectivity index (χ0n) is 35.1. The maximum absolute atomic E-state index is 13.9. The predicted octanol–water partition coefficient (Wildman–Crippen LogP) is 9.76. The molecular formula is C51H51N3O6S3. The van der Waals surface area contributed by atoms with Crippen LogP contribution in [0, 0.1) is 0 Å². The Morgan fingerprint density at radius 1 is 0.746 bits per heavy atom. The number of fused-ring (bicyclic) bond motifs is 3. The Kier molecular flexibility index (Phi) is 14.2. The normalized spacial score (nSPS) is 17.9. The fourth-order valence-electron chi connectivity index (χ4n) is 9.21. The molecule has 4 aromatic carbocycles. The van der Waals surface area contributed by atoms with Gasteiger partial charge in [0.15, 0.2) is 0 Å². The monoisotopic (exact) mass is 897 g/mol. The first-order valence-electron chi connectivity index (χ1n) is 21.9. The molecule has 9 nitrogen and oxygen atoms in total. The number of aromatic nitrogens is 1. The summed E-state index contributed by atoms with van der Waals surface area (Å²) in [6.07, 6.45) is 15.1. The summed E-state index contributed by atoms with van der Waals surface area (Å²) in [6.45, 7) is -0.102. The number of benzene rings is 4. The zero-order valence-corrected chi connectivity index (χ0v) is 37.6. The number of hydrogen-bond acceptors (Lipinski definition) is 8. The van der Waals surface area contributed by atoms with E-state index in [1.807, 2.05) is 24.3 Å². The number of aliphatic carboxylic acids is 2. The number of carboxylic acid groups (broad SMARTS) is 2. The van der Waals surface area contributed by atoms with Crippen LogP contribution in [0.1, 0.15) is 111 Å². The van der Waals surface area contributed by atoms with Gasteiger partial charge in [0.1, 0.15) is 20.4 Å². The molecule has 1 saturated carbocycles. The molecule has 2 unspecified atom stereocenters. The highest BCUT2D eigenvalue weighted by Crippen LogP contribution is 2.52. The molecule has 0 bridgehead atoms. The van der Waals surface area contributed by atoms with Crippen molar-refractivity contribution in [1.82, 2.24) is 9.47 Å². The molecule has 1 amide bonds. The van der Waals surface area contributed by atoms with E-state index in [1.165, 1.54) is 21.4 Å². The molecule has 324 valence electrons. The van der Waals surface area contributed by atoms with Gasteiger partial charge < -0.3 is 15.1 Å². The maximum Gasteiger partial charge on any atom is 0.323 e. The molecule has 2 atom stereocenters. The molecule has 63 heavy (non-hydrogen) atoms. The number of nitrogens with zero attached hydrogens (tertiary/aromatic N) is 3. The van der Waals surface area contributed by atoms with Gasteiger partial charge in [-0.15, -0.1) is 11.3 Å². The molecule has 0 spiro atoms. The second-order valence-corrected chi connectivity index (χ2v) is 19.2. The van der Waals surface area contributed by atoms with Gasteiger partial charge in [-0.1, -0.05) is 148 Å². The first kappa shape index (κ1) is 44.1. The van der Waals surface area contributed by atoms with Gasteiger partial charge in [0.2, 0.25) is 0 Å². The molecule has 1 aliphatic carbocycles. The summed E-state index contributed by atoms with van der Waals surface area (Å²) in [6, 6.07) is 36.4. The quantitative estimate of drug-likeness (QED) is 0.0504. The fourth-order valence-corrected chi connectivity index (χ4v) is 11.8. The third kappa shape index (κ3) is 10.1. The minimum absolute atomic E-state index is 0.218. The molecule has 3 heterocycles. The van der Waals surface area contributed by atoms with Crippen molar-refractivity contribution < 1.29 is 24.6 Å². The molecule has 1 saturated heterocycles. The number of thiocarbonyl (C=S) groups is 1. The Balaban J connectivity index is 1.01. The molecule has 3 aliphatic rings. The second-order valence-electron chi connectivity index (χ2n) is 16.5. The molecule has 0 radical (unpaired) electrons. The van der Waals surface area contributed by atoms with Gasteiger partial charge in [-0.3, -0.25) is 28.6 Å². The predicted molar refractivity (Wildman–Crippen MR) is 259 cm³/mol. The average molecular weight is 898 g/mol. The van der Waals surface area contributed by atoms with Crippen molar-refractivity contribution in [3.8, 4) is 0 Å². The largest absolute Gasteiger partial charge is 0.481 e. The summed E-state index contributed by atoms with van der Waals surface area (Å²) in [5.74, 6) is -1.86. The number of anilines is 2. The summed E-state index contributed by atoms with van der Waals surface area (Å²) in [5, 5.41) is 18.6. The standard InChI is InChI=1S/C51H51N3O6S3/c55-45(56)22-13-5-3-1-2-4-6-14-29-52-49(60)47(63-51(52)61)50-53(33-46(57)58)48(59)44(62-50)32-35-25-28-43-41(31-35)39-20-15-21-42(39)54(43)38-26-23-34(24-27-38)30-40(36-16-9-7-10-17-36)37-18-11-8-12-19-37/h7-12,16-19,23-28,30-32,39,42H,1-6,13-15,20-22,29,33H2,(H,55,56)(H,57,58). The molecule has 8 rings (SSSR count). The van der Waals surface area contributed by atoms with E-state index in [9.17, 15) is 24.3 Å². The minimum Gasteiger partial charge on any atom is -0.481 e. The van der Waals surface area contributed by atoms with Crippen molar-refractivity contribution in [3.63, 3.8) is 0 Å². The topological polar surface area (TPSA) is 120 Å². The molecule has 5 aromatic rings. The molecule has 2 N–H and O–H groups in total. The Morgan fingerprint density at radius 2 is 1.38 bits per heavy atom. The summed E-state index contributed by atoms with van der Waals surface area (Å²) in [7, 11) is 0. The number of carboxylic acids is 2. The van der Waals surface area contributed by atoms with Gasteiger partial charge in [0, 0.05) is 36.3 Å². The van der Waals surface area contributed by atoms with Crippen molar-refractivity contribution in [3.05, 3.63) is 150 Å². The van der Waals surface area contributed by atoms with Crippen molar-refractivity contribution in [1.29, 1.82) is 0 Å². The van der Waals surface area contributed by atoms with E-state index in [1.54, 1.807) is 4.90 Å². The number of amides is 1. The van der Waals surface area contributed by atoms with Crippen LogP contribution in [-0.4, -0.2) is 54.4 Å². The highest BCUT2D eigenvalue weighted by Gasteiger charge is 2.42. The van der Waals surface area contributed by atoms with Gasteiger partial charge in [-0.2, -0.15) is 0 Å². The minimum atomic E-state index is -1.16. The van der Waals surface area contributed by atoms with Gasteiger partial charge in [-0.05, 0) is 95.5 Å². The fraction of sp³-hybridized carbons (Fsp3) is 0.314. The Bertz CT molecular complexity index is 2670. The van der Waals surface area contributed by atoms with Crippen LogP contribution in [0.25, 0.3) is 22.6 Å². The van der Waals surface area contributed by atoms with Crippen molar-refractivity contribution in [2.75, 3.05) is 11.4 Å². The van der Waals surface area contributed by atoms with Gasteiger partial charge in [-0.25, -0.2) is 0 Å². The van der Waals surface area contributed by atoms with Crippen molar-refractivity contribution in [2.24, 2.45) is 0 Å². The van der Waals surface area contributed by atoms with Crippen molar-refractivity contribution >= 4 is 91.5 Å². The number of hydrogen-bond donors (Lipinski definition) is 2. The molecule has 2 fully saturated rings. The first-order chi connectivity index (χ1) is 30.7. The van der Waals surface area contributed by atoms with Gasteiger partial charge >= 0.3 is 11.9 Å². The third-order valence-corrected chi connectivity index (χ3v) is 14.9. The van der Waals surface area contributed by atoms with E-state index in [0.29, 0.717) is 43.3 Å². The van der Waals surface area contributed by atoms with Gasteiger partial charge in [0.05, 0.1) is 4.53 Å². The Morgan fingerprint density at radius 3 is 2.03 bits per heavy atom. The number of carbonyl (C=O) groups excluding carboxylic acids is 1. The van der Waals surface area contributed by atoms with Crippen LogP contribution in [0.5, 0.6) is 0 Å². The lowest BCUT2D eigenvalue weighted by Crippen LogP contribution is -2.35. The SMILES string of the molecule is O=C(O)CCCCCCCCCCN1C(=O)C(=c2sc(=Cc3ccc4c(c3)C3CCCC3N4c3ccc(C=C(c4ccccc4)c4ccccc4)cc3)c(=O)n2CC(=O)O)SC1=S. The first-order valence-corrected chi connectivity index (χ1v) is 24.0. The maximum atomic E-state index is 13.9. The van der Waals surface area contributed by atoms with Crippen LogP contribution >= 0.6 is 35.3 Å². The number of thiazole rings is 1. The van der Waals surface area contributed by atoms with Crippen LogP contribution in [-0.2, 0) is 20.9 Å². The summed E-state index contributed by atoms with van der Waals surface area (Å²) in [4.78, 5) is 54.7. The van der Waals surface area contributed by atoms with Crippen LogP contribution < -0.4 is 19.7 Å². The van der Waals surface area contributed by atoms with Crippen LogP contribution in [0.3, 0.4) is 0 Å². The van der Waals surface area contributed by atoms with Crippen molar-refractivity contribution in [2.45, 2.75) is 95.6 Å².